The Bertz CT molecular complexity index is 646. The molecule has 2 rings (SSSR count). The van der Waals surface area contributed by atoms with E-state index in [1.54, 1.807) is 24.3 Å². The second-order valence-electron chi connectivity index (χ2n) is 4.63. The third-order valence-electron chi connectivity index (χ3n) is 3.14. The highest BCUT2D eigenvalue weighted by atomic mass is 16.5. The fourth-order valence-electron chi connectivity index (χ4n) is 2.07. The highest BCUT2D eigenvalue weighted by molar-refractivity contribution is 6.01. The van der Waals surface area contributed by atoms with Crippen molar-refractivity contribution < 1.29 is 24.9 Å². The zero-order valence-corrected chi connectivity index (χ0v) is 11.5. The van der Waals surface area contributed by atoms with Gasteiger partial charge in [-0.3, -0.25) is 4.79 Å². The first kappa shape index (κ1) is 14.7. The van der Waals surface area contributed by atoms with Crippen LogP contribution in [0.1, 0.15) is 22.3 Å². The first-order chi connectivity index (χ1) is 10.0. The number of carbonyl (C=O) groups excluding carboxylic acids is 1. The Morgan fingerprint density at radius 3 is 2.33 bits per heavy atom. The summed E-state index contributed by atoms with van der Waals surface area (Å²) in [5, 5.41) is 28.4. The molecule has 110 valence electrons. The average Bonchev–Trinajstić information content (AvgIpc) is 2.45. The maximum absolute atomic E-state index is 12.2. The van der Waals surface area contributed by atoms with Gasteiger partial charge in [-0.1, -0.05) is 12.1 Å². The minimum absolute atomic E-state index is 0.0640. The van der Waals surface area contributed by atoms with E-state index < -0.39 is 0 Å². The Hall–Kier alpha value is -2.69. The van der Waals surface area contributed by atoms with Crippen molar-refractivity contribution in [2.24, 2.45) is 0 Å². The number of aryl methyl sites for hydroxylation is 1. The summed E-state index contributed by atoms with van der Waals surface area (Å²) < 4.78 is 5.02. The van der Waals surface area contributed by atoms with E-state index in [-0.39, 0.29) is 40.8 Å². The Labute approximate surface area is 122 Å². The van der Waals surface area contributed by atoms with Crippen LogP contribution in [0.15, 0.2) is 36.4 Å². The minimum atomic E-state index is -0.303. The van der Waals surface area contributed by atoms with E-state index in [2.05, 4.69) is 0 Å². The Kier molecular flexibility index (Phi) is 4.33. The number of Topliss-reactive ketones (excluding diaryl/α,β-unsaturated/α-hetero) is 1. The van der Waals surface area contributed by atoms with Crippen LogP contribution in [0.2, 0.25) is 0 Å². The van der Waals surface area contributed by atoms with Crippen molar-refractivity contribution in [2.75, 3.05) is 7.11 Å². The molecule has 0 aliphatic rings. The third kappa shape index (κ3) is 3.45. The van der Waals surface area contributed by atoms with E-state index in [0.29, 0.717) is 6.42 Å². The molecule has 0 amide bonds. The van der Waals surface area contributed by atoms with Crippen molar-refractivity contribution in [3.8, 4) is 23.0 Å². The molecule has 0 atom stereocenters. The second-order valence-corrected chi connectivity index (χ2v) is 4.63. The number of ketones is 1. The topological polar surface area (TPSA) is 87.0 Å². The lowest BCUT2D eigenvalue weighted by atomic mass is 10.0. The van der Waals surface area contributed by atoms with Crippen LogP contribution in [0.3, 0.4) is 0 Å². The average molecular weight is 288 g/mol. The molecule has 2 aromatic rings. The fraction of sp³-hybridized carbons (Fsp3) is 0.188. The van der Waals surface area contributed by atoms with Gasteiger partial charge in [0.1, 0.15) is 28.6 Å². The van der Waals surface area contributed by atoms with Crippen LogP contribution in [0.25, 0.3) is 0 Å². The second kappa shape index (κ2) is 6.17. The van der Waals surface area contributed by atoms with Gasteiger partial charge >= 0.3 is 0 Å². The molecular weight excluding hydrogens is 272 g/mol. The van der Waals surface area contributed by atoms with Crippen LogP contribution >= 0.6 is 0 Å². The summed E-state index contributed by atoms with van der Waals surface area (Å²) in [6, 6.07) is 8.97. The largest absolute Gasteiger partial charge is 0.508 e. The van der Waals surface area contributed by atoms with Crippen LogP contribution in [-0.2, 0) is 6.42 Å². The Morgan fingerprint density at radius 2 is 1.71 bits per heavy atom. The highest BCUT2D eigenvalue weighted by Crippen LogP contribution is 2.33. The number of benzene rings is 2. The molecule has 0 bridgehead atoms. The quantitative estimate of drug-likeness (QED) is 0.736. The summed E-state index contributed by atoms with van der Waals surface area (Å²) in [5.41, 5.74) is 0.965. The molecule has 0 heterocycles. The minimum Gasteiger partial charge on any atom is -0.508 e. The van der Waals surface area contributed by atoms with E-state index in [1.165, 1.54) is 13.2 Å². The van der Waals surface area contributed by atoms with Gasteiger partial charge in [0, 0.05) is 18.6 Å². The molecular formula is C16H16O5. The smallest absolute Gasteiger partial charge is 0.170 e. The van der Waals surface area contributed by atoms with Gasteiger partial charge in [-0.2, -0.15) is 0 Å². The number of hydrogen-bond donors (Lipinski definition) is 3. The number of methoxy groups -OCH3 is 1. The van der Waals surface area contributed by atoms with Crippen LogP contribution in [0, 0.1) is 0 Å². The van der Waals surface area contributed by atoms with Crippen molar-refractivity contribution in [1.29, 1.82) is 0 Å². The number of carbonyl (C=O) groups is 1. The molecule has 5 heteroatoms. The van der Waals surface area contributed by atoms with Gasteiger partial charge in [0.2, 0.25) is 0 Å². The van der Waals surface area contributed by atoms with Crippen molar-refractivity contribution in [3.63, 3.8) is 0 Å². The van der Waals surface area contributed by atoms with Crippen molar-refractivity contribution in [1.82, 2.24) is 0 Å². The van der Waals surface area contributed by atoms with Gasteiger partial charge in [0.15, 0.2) is 5.78 Å². The van der Waals surface area contributed by atoms with E-state index in [4.69, 9.17) is 4.74 Å². The van der Waals surface area contributed by atoms with E-state index in [9.17, 15) is 20.1 Å². The van der Waals surface area contributed by atoms with Gasteiger partial charge < -0.3 is 20.1 Å². The first-order valence-electron chi connectivity index (χ1n) is 6.42. The van der Waals surface area contributed by atoms with Gasteiger partial charge in [-0.05, 0) is 24.1 Å². The number of ether oxygens (including phenoxy) is 1. The standard InChI is InChI=1S/C16H16O5/c1-21-15-9-12(18)8-14(20)16(15)13(19)7-4-10-2-5-11(17)6-3-10/h2-3,5-6,8-9,17-18,20H,4,7H2,1H3. The zero-order chi connectivity index (χ0) is 15.4. The lowest BCUT2D eigenvalue weighted by Crippen LogP contribution is -2.04. The van der Waals surface area contributed by atoms with Crippen LogP contribution < -0.4 is 4.74 Å². The summed E-state index contributed by atoms with van der Waals surface area (Å²) >= 11 is 0. The van der Waals surface area contributed by atoms with Gasteiger partial charge in [0.05, 0.1) is 7.11 Å². The van der Waals surface area contributed by atoms with E-state index >= 15 is 0 Å². The molecule has 3 N–H and O–H groups in total. The molecule has 0 aliphatic carbocycles. The number of phenols is 3. The molecule has 0 unspecified atom stereocenters. The monoisotopic (exact) mass is 288 g/mol. The van der Waals surface area contributed by atoms with Crippen molar-refractivity contribution in [3.05, 3.63) is 47.5 Å². The normalized spacial score (nSPS) is 10.3. The molecule has 21 heavy (non-hydrogen) atoms. The van der Waals surface area contributed by atoms with Crippen LogP contribution in [0.5, 0.6) is 23.0 Å². The van der Waals surface area contributed by atoms with Crippen molar-refractivity contribution >= 4 is 5.78 Å². The predicted molar refractivity (Wildman–Crippen MR) is 77.1 cm³/mol. The zero-order valence-electron chi connectivity index (χ0n) is 11.5. The lowest BCUT2D eigenvalue weighted by Gasteiger charge is -2.10. The molecule has 2 aromatic carbocycles. The summed E-state index contributed by atoms with van der Waals surface area (Å²) in [6.45, 7) is 0. The van der Waals surface area contributed by atoms with Gasteiger partial charge in [-0.15, -0.1) is 0 Å². The van der Waals surface area contributed by atoms with Gasteiger partial charge in [-0.25, -0.2) is 0 Å². The molecule has 0 aliphatic heterocycles. The summed E-state index contributed by atoms with van der Waals surface area (Å²) in [7, 11) is 1.37. The Morgan fingerprint density at radius 1 is 1.05 bits per heavy atom. The van der Waals surface area contributed by atoms with Crippen molar-refractivity contribution in [2.45, 2.75) is 12.8 Å². The molecule has 0 saturated heterocycles. The molecule has 0 saturated carbocycles. The maximum atomic E-state index is 12.2. The fourth-order valence-corrected chi connectivity index (χ4v) is 2.07. The molecule has 0 radical (unpaired) electrons. The highest BCUT2D eigenvalue weighted by Gasteiger charge is 2.18. The maximum Gasteiger partial charge on any atom is 0.170 e. The predicted octanol–water partition coefficient (Wildman–Crippen LogP) is 2.63. The van der Waals surface area contributed by atoms with Crippen LogP contribution in [-0.4, -0.2) is 28.2 Å². The SMILES string of the molecule is COc1cc(O)cc(O)c1C(=O)CCc1ccc(O)cc1. The number of rotatable bonds is 5. The summed E-state index contributed by atoms with van der Waals surface area (Å²) in [6.07, 6.45) is 0.655. The first-order valence-corrected chi connectivity index (χ1v) is 6.42. The van der Waals surface area contributed by atoms with E-state index in [1.807, 2.05) is 0 Å². The number of aromatic hydroxyl groups is 3. The molecule has 0 spiro atoms. The lowest BCUT2D eigenvalue weighted by molar-refractivity contribution is 0.0977. The molecule has 5 nitrogen and oxygen atoms in total. The Balaban J connectivity index is 2.15. The number of hydrogen-bond acceptors (Lipinski definition) is 5. The molecule has 0 aromatic heterocycles. The third-order valence-corrected chi connectivity index (χ3v) is 3.14. The summed E-state index contributed by atoms with van der Waals surface area (Å²) in [5.74, 6) is -0.439. The van der Waals surface area contributed by atoms with Crippen LogP contribution in [0.4, 0.5) is 0 Å². The van der Waals surface area contributed by atoms with Gasteiger partial charge in [0.25, 0.3) is 0 Å². The van der Waals surface area contributed by atoms with E-state index in [0.717, 1.165) is 11.6 Å². The summed E-state index contributed by atoms with van der Waals surface area (Å²) in [4.78, 5) is 12.2. The number of phenolic OH excluding ortho intramolecular Hbond substituents is 3. The molecule has 0 fully saturated rings.